The van der Waals surface area contributed by atoms with E-state index in [1.54, 1.807) is 6.08 Å². The molecule has 0 aromatic heterocycles. The highest BCUT2D eigenvalue weighted by atomic mass is 31.2. The second-order valence-electron chi connectivity index (χ2n) is 13.7. The number of ether oxygens (including phenoxy) is 2. The number of allylic oxidation sites excluding steroid dienone is 13. The molecule has 0 bridgehead atoms. The third-order valence-corrected chi connectivity index (χ3v) is 9.41. The molecule has 0 aromatic carbocycles. The molecular formula is C45H76NO9P. The molecule has 0 heterocycles. The minimum Gasteiger partial charge on any atom is -0.462 e. The Morgan fingerprint density at radius 1 is 0.625 bits per heavy atom. The van der Waals surface area contributed by atoms with Gasteiger partial charge in [-0.25, -0.2) is 4.57 Å². The predicted molar refractivity (Wildman–Crippen MR) is 230 cm³/mol. The maximum Gasteiger partial charge on any atom is 0.472 e. The zero-order valence-electron chi connectivity index (χ0n) is 34.7. The van der Waals surface area contributed by atoms with Crippen LogP contribution in [0.5, 0.6) is 0 Å². The van der Waals surface area contributed by atoms with Crippen molar-refractivity contribution in [3.63, 3.8) is 0 Å². The Balaban J connectivity index is 4.31. The Morgan fingerprint density at radius 3 is 1.73 bits per heavy atom. The van der Waals surface area contributed by atoms with E-state index in [0.717, 1.165) is 51.4 Å². The quantitative estimate of drug-likeness (QED) is 0.0180. The molecule has 56 heavy (non-hydrogen) atoms. The average molecular weight is 806 g/mol. The second kappa shape index (κ2) is 40.4. The van der Waals surface area contributed by atoms with Crippen LogP contribution in [0.4, 0.5) is 0 Å². The molecule has 3 atom stereocenters. The van der Waals surface area contributed by atoms with Crippen LogP contribution in [0.15, 0.2) is 85.1 Å². The van der Waals surface area contributed by atoms with E-state index in [-0.39, 0.29) is 38.7 Å². The number of nitrogens with two attached hydrogens (primary N) is 1. The van der Waals surface area contributed by atoms with Crippen molar-refractivity contribution in [2.45, 2.75) is 161 Å². The zero-order valence-corrected chi connectivity index (χ0v) is 35.6. The number of carbonyl (C=O) groups is 2. The Morgan fingerprint density at radius 2 is 1.14 bits per heavy atom. The van der Waals surface area contributed by atoms with E-state index in [4.69, 9.17) is 24.3 Å². The molecule has 0 aliphatic heterocycles. The van der Waals surface area contributed by atoms with Gasteiger partial charge in [-0.05, 0) is 77.0 Å². The maximum absolute atomic E-state index is 12.6. The molecule has 0 aliphatic rings. The lowest BCUT2D eigenvalue weighted by Crippen LogP contribution is -2.29. The molecule has 0 rings (SSSR count). The highest BCUT2D eigenvalue weighted by Crippen LogP contribution is 2.43. The first-order chi connectivity index (χ1) is 27.2. The molecule has 0 saturated carbocycles. The first-order valence-electron chi connectivity index (χ1n) is 21.2. The van der Waals surface area contributed by atoms with Gasteiger partial charge in [-0.15, -0.1) is 0 Å². The fraction of sp³-hybridized carbons (Fsp3) is 0.644. The van der Waals surface area contributed by atoms with Gasteiger partial charge in [0.05, 0.1) is 19.3 Å². The summed E-state index contributed by atoms with van der Waals surface area (Å²) in [6, 6.07) is 0. The maximum atomic E-state index is 12.6. The Labute approximate surface area is 339 Å². The SMILES string of the molecule is CCCCC/C=C\C/C=C\CCCCCCCCCC(=O)OC[C@H](COP(=O)(O)OCCN)OC(=O)CCC/C=C\C/C=C\C/C=C\C/C=C\C=C\[C@H](O)CC. The monoisotopic (exact) mass is 806 g/mol. The van der Waals surface area contributed by atoms with E-state index in [9.17, 15) is 24.2 Å². The zero-order chi connectivity index (χ0) is 41.2. The van der Waals surface area contributed by atoms with Crippen LogP contribution in [0.2, 0.25) is 0 Å². The van der Waals surface area contributed by atoms with Gasteiger partial charge in [-0.3, -0.25) is 18.6 Å². The summed E-state index contributed by atoms with van der Waals surface area (Å²) in [5.74, 6) is -0.934. The molecule has 0 fully saturated rings. The van der Waals surface area contributed by atoms with Crippen LogP contribution < -0.4 is 5.73 Å². The summed E-state index contributed by atoms with van der Waals surface area (Å²) in [4.78, 5) is 34.8. The van der Waals surface area contributed by atoms with Crippen molar-refractivity contribution < 1.29 is 42.7 Å². The molecular weight excluding hydrogens is 729 g/mol. The van der Waals surface area contributed by atoms with E-state index in [1.165, 1.54) is 44.9 Å². The van der Waals surface area contributed by atoms with Crippen LogP contribution in [-0.4, -0.2) is 60.5 Å². The summed E-state index contributed by atoms with van der Waals surface area (Å²) in [6.45, 7) is 3.27. The lowest BCUT2D eigenvalue weighted by atomic mass is 10.1. The number of hydrogen-bond donors (Lipinski definition) is 3. The van der Waals surface area contributed by atoms with Crippen molar-refractivity contribution in [3.8, 4) is 0 Å². The molecule has 0 aromatic rings. The molecule has 320 valence electrons. The van der Waals surface area contributed by atoms with Crippen LogP contribution in [0.25, 0.3) is 0 Å². The number of phosphoric ester groups is 1. The minimum atomic E-state index is -4.41. The Bertz CT molecular complexity index is 1210. The summed E-state index contributed by atoms with van der Waals surface area (Å²) in [7, 11) is -4.41. The number of hydrogen-bond acceptors (Lipinski definition) is 9. The first kappa shape index (κ1) is 53.1. The summed E-state index contributed by atoms with van der Waals surface area (Å²) in [5, 5.41) is 9.47. The van der Waals surface area contributed by atoms with E-state index in [1.807, 2.05) is 37.3 Å². The highest BCUT2D eigenvalue weighted by molar-refractivity contribution is 7.47. The fourth-order valence-electron chi connectivity index (χ4n) is 5.12. The van der Waals surface area contributed by atoms with Gasteiger partial charge in [0.15, 0.2) is 6.10 Å². The van der Waals surface area contributed by atoms with E-state index in [0.29, 0.717) is 25.7 Å². The summed E-state index contributed by atoms with van der Waals surface area (Å²) in [5.41, 5.74) is 5.34. The molecule has 10 nitrogen and oxygen atoms in total. The van der Waals surface area contributed by atoms with E-state index < -0.39 is 32.5 Å². The van der Waals surface area contributed by atoms with Crippen LogP contribution in [0, 0.1) is 0 Å². The molecule has 0 aliphatic carbocycles. The third-order valence-electron chi connectivity index (χ3n) is 8.42. The van der Waals surface area contributed by atoms with Crippen molar-refractivity contribution in [1.82, 2.24) is 0 Å². The first-order valence-corrected chi connectivity index (χ1v) is 22.7. The summed E-state index contributed by atoms with van der Waals surface area (Å²) >= 11 is 0. The van der Waals surface area contributed by atoms with Crippen molar-refractivity contribution in [2.75, 3.05) is 26.4 Å². The van der Waals surface area contributed by atoms with Gasteiger partial charge in [0, 0.05) is 19.4 Å². The molecule has 0 spiro atoms. The number of rotatable bonds is 38. The number of aliphatic hydroxyl groups excluding tert-OH is 1. The van der Waals surface area contributed by atoms with Gasteiger partial charge in [0.1, 0.15) is 6.61 Å². The molecule has 0 radical (unpaired) electrons. The molecule has 0 amide bonds. The van der Waals surface area contributed by atoms with Crippen molar-refractivity contribution in [3.05, 3.63) is 85.1 Å². The van der Waals surface area contributed by atoms with Gasteiger partial charge in [0.2, 0.25) is 0 Å². The number of esters is 2. The number of unbranched alkanes of at least 4 members (excludes halogenated alkanes) is 11. The van der Waals surface area contributed by atoms with Crippen LogP contribution in [0.1, 0.15) is 149 Å². The van der Waals surface area contributed by atoms with E-state index >= 15 is 0 Å². The molecule has 1 unspecified atom stereocenters. The number of phosphoric acid groups is 1. The standard InChI is InChI=1S/C45H76NO9P/c1-3-5-6-7-8-9-10-11-12-13-14-18-21-24-27-30-33-36-44(48)52-40-43(41-54-56(50,51)53-39-38-46)55-45(49)37-34-31-28-25-22-19-16-15-17-20-23-26-29-32-35-42(47)4-2/h8-9,11-12,16-17,19-20,25-26,28-29,32,35,42-43,47H,3-7,10,13-15,18,21-24,27,30-31,33-34,36-41,46H2,1-2H3,(H,50,51)/b9-8-,12-11-,19-16-,20-17-,28-25-,29-26-,35-32+/t42-,43-/m1/s1. The highest BCUT2D eigenvalue weighted by Gasteiger charge is 2.25. The number of aliphatic hydroxyl groups is 1. The summed E-state index contributed by atoms with van der Waals surface area (Å²) < 4.78 is 32.7. The van der Waals surface area contributed by atoms with Crippen LogP contribution in [-0.2, 0) is 32.7 Å². The number of carbonyl (C=O) groups excluding carboxylic acids is 2. The third kappa shape index (κ3) is 39.4. The Kier molecular flexibility index (Phi) is 38.3. The minimum absolute atomic E-state index is 0.0326. The molecule has 4 N–H and O–H groups in total. The normalized spacial score (nSPS) is 14.7. The predicted octanol–water partition coefficient (Wildman–Crippen LogP) is 11.0. The summed E-state index contributed by atoms with van der Waals surface area (Å²) in [6.07, 6.45) is 47.1. The largest absolute Gasteiger partial charge is 0.472 e. The van der Waals surface area contributed by atoms with Gasteiger partial charge in [0.25, 0.3) is 0 Å². The van der Waals surface area contributed by atoms with Crippen LogP contribution >= 0.6 is 7.82 Å². The molecule has 0 saturated heterocycles. The average Bonchev–Trinajstić information content (AvgIpc) is 3.18. The second-order valence-corrected chi connectivity index (χ2v) is 15.1. The van der Waals surface area contributed by atoms with Crippen LogP contribution in [0.3, 0.4) is 0 Å². The van der Waals surface area contributed by atoms with Gasteiger partial charge < -0.3 is 25.2 Å². The van der Waals surface area contributed by atoms with Crippen molar-refractivity contribution >= 4 is 19.8 Å². The van der Waals surface area contributed by atoms with Crippen molar-refractivity contribution in [1.29, 1.82) is 0 Å². The fourth-order valence-corrected chi connectivity index (χ4v) is 5.89. The van der Waals surface area contributed by atoms with E-state index in [2.05, 4.69) is 55.5 Å². The lowest BCUT2D eigenvalue weighted by Gasteiger charge is -2.19. The van der Waals surface area contributed by atoms with Crippen molar-refractivity contribution in [2.24, 2.45) is 5.73 Å². The Hall–Kier alpha value is -2.85. The van der Waals surface area contributed by atoms with Gasteiger partial charge >= 0.3 is 19.8 Å². The van der Waals surface area contributed by atoms with Gasteiger partial charge in [-0.2, -0.15) is 0 Å². The smallest absolute Gasteiger partial charge is 0.462 e. The van der Waals surface area contributed by atoms with Gasteiger partial charge in [-0.1, -0.05) is 144 Å². The lowest BCUT2D eigenvalue weighted by molar-refractivity contribution is -0.161. The topological polar surface area (TPSA) is 155 Å². The molecule has 11 heteroatoms.